The normalized spacial score (nSPS) is 10.8. The van der Waals surface area contributed by atoms with Crippen LogP contribution in [0.25, 0.3) is 11.1 Å². The van der Waals surface area contributed by atoms with Gasteiger partial charge in [0.05, 0.1) is 18.4 Å². The highest BCUT2D eigenvalue weighted by atomic mass is 16.5. The Balaban J connectivity index is 2.11. The SMILES string of the molecule is COc1ccccc1Nc1c(-c2cc(C)c(C)cc2C)c(=O)c1=O. The molecule has 0 heterocycles. The first-order valence-electron chi connectivity index (χ1n) is 7.75. The summed E-state index contributed by atoms with van der Waals surface area (Å²) >= 11 is 0. The van der Waals surface area contributed by atoms with Crippen molar-refractivity contribution in [2.45, 2.75) is 20.8 Å². The zero-order valence-electron chi connectivity index (χ0n) is 14.2. The van der Waals surface area contributed by atoms with Gasteiger partial charge in [0.2, 0.25) is 5.43 Å². The van der Waals surface area contributed by atoms with Gasteiger partial charge in [0.1, 0.15) is 11.4 Å². The number of para-hydroxylation sites is 2. The van der Waals surface area contributed by atoms with E-state index in [2.05, 4.69) is 5.32 Å². The molecule has 4 heteroatoms. The highest BCUT2D eigenvalue weighted by Gasteiger charge is 2.24. The summed E-state index contributed by atoms with van der Waals surface area (Å²) in [5.41, 5.74) is 4.54. The lowest BCUT2D eigenvalue weighted by Crippen LogP contribution is -2.35. The van der Waals surface area contributed by atoms with Gasteiger partial charge in [-0.1, -0.05) is 24.3 Å². The van der Waals surface area contributed by atoms with Crippen molar-refractivity contribution >= 4 is 11.4 Å². The summed E-state index contributed by atoms with van der Waals surface area (Å²) < 4.78 is 5.30. The van der Waals surface area contributed by atoms with Crippen LogP contribution in [-0.2, 0) is 0 Å². The number of rotatable bonds is 4. The van der Waals surface area contributed by atoms with Gasteiger partial charge in [-0.25, -0.2) is 0 Å². The lowest BCUT2D eigenvalue weighted by atomic mass is 9.91. The molecule has 0 unspecified atom stereocenters. The van der Waals surface area contributed by atoms with Gasteiger partial charge in [-0.2, -0.15) is 0 Å². The van der Waals surface area contributed by atoms with Gasteiger partial charge in [0, 0.05) is 0 Å². The van der Waals surface area contributed by atoms with Crippen molar-refractivity contribution in [1.82, 2.24) is 0 Å². The summed E-state index contributed by atoms with van der Waals surface area (Å²) in [5.74, 6) is 0.619. The molecule has 0 saturated heterocycles. The minimum absolute atomic E-state index is 0.329. The molecule has 3 aromatic carbocycles. The van der Waals surface area contributed by atoms with E-state index in [0.717, 1.165) is 22.3 Å². The smallest absolute Gasteiger partial charge is 0.250 e. The van der Waals surface area contributed by atoms with Crippen LogP contribution in [-0.4, -0.2) is 7.11 Å². The number of hydrogen-bond donors (Lipinski definition) is 1. The standard InChI is InChI=1S/C20H19NO3/c1-11-9-13(3)14(10-12(11)2)17-18(20(23)19(17)22)21-15-7-5-6-8-16(15)24-4/h5-10,21H,1-4H3. The Hall–Kier alpha value is -2.88. The highest BCUT2D eigenvalue weighted by Crippen LogP contribution is 2.33. The molecule has 0 bridgehead atoms. The first kappa shape index (κ1) is 16.0. The van der Waals surface area contributed by atoms with E-state index >= 15 is 0 Å². The summed E-state index contributed by atoms with van der Waals surface area (Å²) in [5, 5.41) is 3.07. The minimum Gasteiger partial charge on any atom is -0.495 e. The Kier molecular flexibility index (Phi) is 3.97. The topological polar surface area (TPSA) is 55.4 Å². The van der Waals surface area contributed by atoms with Crippen LogP contribution in [0.15, 0.2) is 46.0 Å². The average molecular weight is 321 g/mol. The van der Waals surface area contributed by atoms with E-state index in [0.29, 0.717) is 22.7 Å². The second-order valence-corrected chi connectivity index (χ2v) is 5.98. The fraction of sp³-hybridized carbons (Fsp3) is 0.200. The molecule has 4 nitrogen and oxygen atoms in total. The monoisotopic (exact) mass is 321 g/mol. The minimum atomic E-state index is -0.492. The van der Waals surface area contributed by atoms with Crippen LogP contribution in [0.4, 0.5) is 11.4 Å². The molecular formula is C20H19NO3. The number of aryl methyl sites for hydroxylation is 3. The molecule has 0 saturated carbocycles. The van der Waals surface area contributed by atoms with Crippen LogP contribution in [0, 0.1) is 20.8 Å². The molecule has 0 aliphatic carbocycles. The Bertz CT molecular complexity index is 995. The first-order chi connectivity index (χ1) is 11.4. The average Bonchev–Trinajstić information content (AvgIpc) is 2.58. The number of hydrogen-bond acceptors (Lipinski definition) is 4. The molecule has 122 valence electrons. The van der Waals surface area contributed by atoms with Crippen molar-refractivity contribution in [3.8, 4) is 16.9 Å². The molecule has 0 aliphatic heterocycles. The van der Waals surface area contributed by atoms with E-state index in [4.69, 9.17) is 4.74 Å². The Morgan fingerprint density at radius 2 is 1.54 bits per heavy atom. The van der Waals surface area contributed by atoms with Gasteiger partial charge in [0.15, 0.2) is 0 Å². The number of ether oxygens (including phenoxy) is 1. The molecule has 0 aliphatic rings. The molecule has 24 heavy (non-hydrogen) atoms. The lowest BCUT2D eigenvalue weighted by Gasteiger charge is -2.17. The quantitative estimate of drug-likeness (QED) is 0.746. The molecule has 0 aromatic heterocycles. The lowest BCUT2D eigenvalue weighted by molar-refractivity contribution is 0.417. The molecule has 3 aromatic rings. The van der Waals surface area contributed by atoms with Crippen molar-refractivity contribution in [2.24, 2.45) is 0 Å². The molecular weight excluding hydrogens is 302 g/mol. The Labute approximate surface area is 140 Å². The maximum absolute atomic E-state index is 12.2. The second-order valence-electron chi connectivity index (χ2n) is 5.98. The Morgan fingerprint density at radius 1 is 0.875 bits per heavy atom. The fourth-order valence-corrected chi connectivity index (χ4v) is 2.88. The predicted molar refractivity (Wildman–Crippen MR) is 97.3 cm³/mol. The predicted octanol–water partition coefficient (Wildman–Crippen LogP) is 3.63. The summed E-state index contributed by atoms with van der Waals surface area (Å²) in [4.78, 5) is 24.3. The maximum atomic E-state index is 12.2. The van der Waals surface area contributed by atoms with Crippen LogP contribution in [0.2, 0.25) is 0 Å². The van der Waals surface area contributed by atoms with E-state index in [1.54, 1.807) is 13.2 Å². The molecule has 3 rings (SSSR count). The van der Waals surface area contributed by atoms with E-state index < -0.39 is 10.9 Å². The molecule has 0 fully saturated rings. The first-order valence-corrected chi connectivity index (χ1v) is 7.75. The zero-order chi connectivity index (χ0) is 17.4. The van der Waals surface area contributed by atoms with Crippen molar-refractivity contribution in [3.63, 3.8) is 0 Å². The molecule has 0 amide bonds. The van der Waals surface area contributed by atoms with Gasteiger partial charge >= 0.3 is 0 Å². The van der Waals surface area contributed by atoms with Gasteiger partial charge in [-0.3, -0.25) is 9.59 Å². The Morgan fingerprint density at radius 3 is 2.25 bits per heavy atom. The van der Waals surface area contributed by atoms with E-state index in [1.807, 2.05) is 51.1 Å². The number of nitrogens with one attached hydrogen (secondary N) is 1. The third kappa shape index (κ3) is 2.50. The van der Waals surface area contributed by atoms with Gasteiger partial charge in [-0.05, 0) is 55.2 Å². The van der Waals surface area contributed by atoms with Gasteiger partial charge in [0.25, 0.3) is 5.43 Å². The van der Waals surface area contributed by atoms with Crippen LogP contribution < -0.4 is 20.9 Å². The van der Waals surface area contributed by atoms with Crippen molar-refractivity contribution in [3.05, 3.63) is 73.5 Å². The largest absolute Gasteiger partial charge is 0.495 e. The summed E-state index contributed by atoms with van der Waals surface area (Å²) in [6.45, 7) is 5.98. The third-order valence-corrected chi connectivity index (χ3v) is 4.39. The number of anilines is 2. The molecule has 0 atom stereocenters. The summed E-state index contributed by atoms with van der Waals surface area (Å²) in [6.07, 6.45) is 0. The summed E-state index contributed by atoms with van der Waals surface area (Å²) in [7, 11) is 1.57. The van der Waals surface area contributed by atoms with Crippen LogP contribution >= 0.6 is 0 Å². The highest BCUT2D eigenvalue weighted by molar-refractivity contribution is 5.87. The van der Waals surface area contributed by atoms with Gasteiger partial charge < -0.3 is 10.1 Å². The maximum Gasteiger partial charge on any atom is 0.250 e. The van der Waals surface area contributed by atoms with Gasteiger partial charge in [-0.15, -0.1) is 0 Å². The number of benzene rings is 2. The summed E-state index contributed by atoms with van der Waals surface area (Å²) in [6, 6.07) is 11.3. The van der Waals surface area contributed by atoms with Crippen LogP contribution in [0.3, 0.4) is 0 Å². The van der Waals surface area contributed by atoms with E-state index in [9.17, 15) is 9.59 Å². The molecule has 0 radical (unpaired) electrons. The van der Waals surface area contributed by atoms with E-state index in [1.165, 1.54) is 0 Å². The number of methoxy groups -OCH3 is 1. The van der Waals surface area contributed by atoms with E-state index in [-0.39, 0.29) is 0 Å². The van der Waals surface area contributed by atoms with Crippen molar-refractivity contribution < 1.29 is 4.74 Å². The third-order valence-electron chi connectivity index (χ3n) is 4.39. The van der Waals surface area contributed by atoms with Crippen LogP contribution in [0.1, 0.15) is 16.7 Å². The van der Waals surface area contributed by atoms with Crippen molar-refractivity contribution in [1.29, 1.82) is 0 Å². The van der Waals surface area contributed by atoms with Crippen molar-refractivity contribution in [2.75, 3.05) is 12.4 Å². The fourth-order valence-electron chi connectivity index (χ4n) is 2.88. The zero-order valence-corrected chi connectivity index (χ0v) is 14.2. The molecule has 0 spiro atoms. The molecule has 1 N–H and O–H groups in total. The van der Waals surface area contributed by atoms with Crippen LogP contribution in [0.5, 0.6) is 5.75 Å². The second kappa shape index (κ2) is 5.96.